The average molecular weight is 396 g/mol. The molecule has 9 heteroatoms. The Labute approximate surface area is 156 Å². The lowest BCUT2D eigenvalue weighted by Gasteiger charge is -2.16. The minimum Gasteiger partial charge on any atom is -0.324 e. The molecule has 2 aromatic carbocycles. The van der Waals surface area contributed by atoms with Gasteiger partial charge in [-0.3, -0.25) is 14.2 Å². The molecule has 27 heavy (non-hydrogen) atoms. The van der Waals surface area contributed by atoms with Crippen LogP contribution in [0.15, 0.2) is 53.6 Å². The van der Waals surface area contributed by atoms with Gasteiger partial charge in [-0.25, -0.2) is 4.98 Å². The standard InChI is InChI=1S/C18H13ClF3N3O2/c1-10(25-9-23-15-5-3-2-4-12(15)17(25)27)16(26)24-11-6-7-14(19)13(8-11)18(20,21)22/h2-10H,1H3,(H,24,26). The summed E-state index contributed by atoms with van der Waals surface area (Å²) in [4.78, 5) is 29.1. The SMILES string of the molecule is CC(C(=O)Nc1ccc(Cl)c(C(F)(F)F)c1)n1cnc2ccccc2c1=O. The molecule has 0 spiro atoms. The van der Waals surface area contributed by atoms with Crippen molar-refractivity contribution in [3.63, 3.8) is 0 Å². The van der Waals surface area contributed by atoms with E-state index in [1.54, 1.807) is 24.3 Å². The van der Waals surface area contributed by atoms with E-state index in [1.807, 2.05) is 0 Å². The fraction of sp³-hybridized carbons (Fsp3) is 0.167. The van der Waals surface area contributed by atoms with Crippen LogP contribution in [0, 0.1) is 0 Å². The van der Waals surface area contributed by atoms with Crippen LogP contribution in [0.2, 0.25) is 5.02 Å². The van der Waals surface area contributed by atoms with Crippen LogP contribution >= 0.6 is 11.6 Å². The second kappa shape index (κ2) is 7.03. The minimum absolute atomic E-state index is 0.0784. The number of amides is 1. The minimum atomic E-state index is -4.65. The number of benzene rings is 2. The molecular weight excluding hydrogens is 383 g/mol. The predicted octanol–water partition coefficient (Wildman–Crippen LogP) is 4.27. The highest BCUT2D eigenvalue weighted by Crippen LogP contribution is 2.36. The van der Waals surface area contributed by atoms with Crippen LogP contribution in [-0.2, 0) is 11.0 Å². The quantitative estimate of drug-likeness (QED) is 0.720. The largest absolute Gasteiger partial charge is 0.417 e. The predicted molar refractivity (Wildman–Crippen MR) is 95.8 cm³/mol. The Bertz CT molecular complexity index is 1080. The van der Waals surface area contributed by atoms with Gasteiger partial charge >= 0.3 is 6.18 Å². The van der Waals surface area contributed by atoms with Gasteiger partial charge in [0.05, 0.1) is 27.8 Å². The second-order valence-electron chi connectivity index (χ2n) is 5.83. The lowest BCUT2D eigenvalue weighted by atomic mass is 10.2. The van der Waals surface area contributed by atoms with Gasteiger partial charge in [0.1, 0.15) is 6.04 Å². The van der Waals surface area contributed by atoms with Crippen LogP contribution in [0.5, 0.6) is 0 Å². The van der Waals surface area contributed by atoms with Crippen LogP contribution in [0.1, 0.15) is 18.5 Å². The first-order valence-electron chi connectivity index (χ1n) is 7.82. The molecule has 1 aromatic heterocycles. The van der Waals surface area contributed by atoms with Crippen molar-refractivity contribution in [2.75, 3.05) is 5.32 Å². The molecule has 3 rings (SSSR count). The number of fused-ring (bicyclic) bond motifs is 1. The van der Waals surface area contributed by atoms with Gasteiger partial charge in [0.2, 0.25) is 5.91 Å². The van der Waals surface area contributed by atoms with E-state index in [9.17, 15) is 22.8 Å². The fourth-order valence-corrected chi connectivity index (χ4v) is 2.78. The number of alkyl halides is 3. The summed E-state index contributed by atoms with van der Waals surface area (Å²) in [5, 5.41) is 2.24. The second-order valence-corrected chi connectivity index (χ2v) is 6.24. The highest BCUT2D eigenvalue weighted by atomic mass is 35.5. The first kappa shape index (κ1) is 18.9. The lowest BCUT2D eigenvalue weighted by Crippen LogP contribution is -2.31. The number of hydrogen-bond acceptors (Lipinski definition) is 3. The van der Waals surface area contributed by atoms with E-state index in [1.165, 1.54) is 19.3 Å². The molecule has 1 atom stereocenters. The summed E-state index contributed by atoms with van der Waals surface area (Å²) in [6.07, 6.45) is -3.42. The first-order chi connectivity index (χ1) is 12.7. The zero-order valence-corrected chi connectivity index (χ0v) is 14.7. The number of carbonyl (C=O) groups is 1. The molecule has 5 nitrogen and oxygen atoms in total. The smallest absolute Gasteiger partial charge is 0.324 e. The summed E-state index contributed by atoms with van der Waals surface area (Å²) in [6, 6.07) is 8.71. The molecule has 1 amide bonds. The maximum atomic E-state index is 12.9. The topological polar surface area (TPSA) is 64.0 Å². The van der Waals surface area contributed by atoms with E-state index < -0.39 is 34.3 Å². The first-order valence-corrected chi connectivity index (χ1v) is 8.20. The molecule has 0 aliphatic heterocycles. The molecule has 0 saturated heterocycles. The van der Waals surface area contributed by atoms with Gasteiger partial charge in [-0.2, -0.15) is 13.2 Å². The van der Waals surface area contributed by atoms with Gasteiger partial charge in [0, 0.05) is 5.69 Å². The van der Waals surface area contributed by atoms with Crippen molar-refractivity contribution in [3.8, 4) is 0 Å². The van der Waals surface area contributed by atoms with Gasteiger partial charge in [-0.1, -0.05) is 23.7 Å². The Balaban J connectivity index is 1.89. The Kier molecular flexibility index (Phi) is 4.93. The third-order valence-electron chi connectivity index (χ3n) is 4.03. The van der Waals surface area contributed by atoms with E-state index in [2.05, 4.69) is 10.3 Å². The van der Waals surface area contributed by atoms with E-state index in [0.717, 1.165) is 16.7 Å². The zero-order chi connectivity index (χ0) is 19.8. The Morgan fingerprint density at radius 1 is 1.22 bits per heavy atom. The molecule has 0 aliphatic rings. The van der Waals surface area contributed by atoms with Crippen molar-refractivity contribution >= 4 is 34.1 Å². The zero-order valence-electron chi connectivity index (χ0n) is 13.9. The average Bonchev–Trinajstić information content (AvgIpc) is 2.62. The Hall–Kier alpha value is -2.87. The number of aromatic nitrogens is 2. The summed E-state index contributed by atoms with van der Waals surface area (Å²) in [5.41, 5.74) is -1.07. The molecule has 3 aromatic rings. The van der Waals surface area contributed by atoms with Crippen molar-refractivity contribution < 1.29 is 18.0 Å². The number of rotatable bonds is 3. The summed E-state index contributed by atoms with van der Waals surface area (Å²) < 4.78 is 39.9. The number of nitrogens with one attached hydrogen (secondary N) is 1. The molecule has 1 N–H and O–H groups in total. The normalized spacial score (nSPS) is 12.8. The number of hydrogen-bond donors (Lipinski definition) is 1. The maximum Gasteiger partial charge on any atom is 0.417 e. The molecule has 0 aliphatic carbocycles. The van der Waals surface area contributed by atoms with Crippen molar-refractivity contribution in [3.05, 3.63) is 69.7 Å². The van der Waals surface area contributed by atoms with E-state index >= 15 is 0 Å². The summed E-state index contributed by atoms with van der Waals surface area (Å²) in [6.45, 7) is 1.45. The van der Waals surface area contributed by atoms with E-state index in [4.69, 9.17) is 11.6 Å². The van der Waals surface area contributed by atoms with E-state index in [-0.39, 0.29) is 5.69 Å². The van der Waals surface area contributed by atoms with Crippen molar-refractivity contribution in [2.45, 2.75) is 19.1 Å². The van der Waals surface area contributed by atoms with Crippen molar-refractivity contribution in [1.82, 2.24) is 9.55 Å². The van der Waals surface area contributed by atoms with Crippen LogP contribution < -0.4 is 10.9 Å². The Morgan fingerprint density at radius 2 is 1.93 bits per heavy atom. The van der Waals surface area contributed by atoms with Crippen molar-refractivity contribution in [2.24, 2.45) is 0 Å². The van der Waals surface area contributed by atoms with Crippen LogP contribution in [0.4, 0.5) is 18.9 Å². The number of nitrogens with zero attached hydrogens (tertiary/aromatic N) is 2. The highest BCUT2D eigenvalue weighted by molar-refractivity contribution is 6.31. The van der Waals surface area contributed by atoms with E-state index in [0.29, 0.717) is 10.9 Å². The Morgan fingerprint density at radius 3 is 2.63 bits per heavy atom. The van der Waals surface area contributed by atoms with Crippen LogP contribution in [0.25, 0.3) is 10.9 Å². The summed E-state index contributed by atoms with van der Waals surface area (Å²) in [7, 11) is 0. The lowest BCUT2D eigenvalue weighted by molar-refractivity contribution is -0.137. The molecular formula is C18H13ClF3N3O2. The summed E-state index contributed by atoms with van der Waals surface area (Å²) >= 11 is 5.57. The van der Waals surface area contributed by atoms with Gasteiger partial charge < -0.3 is 5.32 Å². The van der Waals surface area contributed by atoms with Gasteiger partial charge in [-0.05, 0) is 37.3 Å². The third-order valence-corrected chi connectivity index (χ3v) is 4.36. The molecule has 1 unspecified atom stereocenters. The molecule has 0 saturated carbocycles. The fourth-order valence-electron chi connectivity index (χ4n) is 2.55. The monoisotopic (exact) mass is 395 g/mol. The number of para-hydroxylation sites is 1. The number of anilines is 1. The van der Waals surface area contributed by atoms with Crippen LogP contribution in [0.3, 0.4) is 0 Å². The van der Waals surface area contributed by atoms with Crippen LogP contribution in [-0.4, -0.2) is 15.5 Å². The molecule has 0 radical (unpaired) electrons. The molecule has 1 heterocycles. The molecule has 140 valence electrons. The molecule has 0 fully saturated rings. The third kappa shape index (κ3) is 3.80. The van der Waals surface area contributed by atoms with Gasteiger partial charge in [-0.15, -0.1) is 0 Å². The van der Waals surface area contributed by atoms with Crippen molar-refractivity contribution in [1.29, 1.82) is 0 Å². The number of carbonyl (C=O) groups excluding carboxylic acids is 1. The molecule has 0 bridgehead atoms. The number of halogens is 4. The van der Waals surface area contributed by atoms with Gasteiger partial charge in [0.15, 0.2) is 0 Å². The summed E-state index contributed by atoms with van der Waals surface area (Å²) in [5.74, 6) is -0.662. The maximum absolute atomic E-state index is 12.9. The van der Waals surface area contributed by atoms with Gasteiger partial charge in [0.25, 0.3) is 5.56 Å². The highest BCUT2D eigenvalue weighted by Gasteiger charge is 2.33.